The molecule has 1 atom stereocenters. The van der Waals surface area contributed by atoms with Crippen molar-refractivity contribution in [2.75, 3.05) is 11.5 Å². The molecule has 0 spiro atoms. The number of hydrogen-bond donors (Lipinski definition) is 1. The second-order valence-electron chi connectivity index (χ2n) is 3.12. The molecule has 0 fully saturated rings. The molecule has 4 nitrogen and oxygen atoms in total. The second-order valence-corrected chi connectivity index (χ2v) is 4.43. The highest BCUT2D eigenvalue weighted by molar-refractivity contribution is 7.99. The Kier molecular flexibility index (Phi) is 4.97. The number of rotatable bonds is 6. The minimum atomic E-state index is 0.189. The molecule has 0 aliphatic heterocycles. The Hall–Kier alpha value is -0.550. The topological polar surface area (TPSA) is 56.7 Å². The SMILES string of the molecule is CCSCC(N)Cc1ncnn1CC. The summed E-state index contributed by atoms with van der Waals surface area (Å²) in [5, 5.41) is 4.11. The summed E-state index contributed by atoms with van der Waals surface area (Å²) in [6, 6.07) is 0.189. The van der Waals surface area contributed by atoms with Crippen LogP contribution in [0.15, 0.2) is 6.33 Å². The molecule has 0 aromatic carbocycles. The summed E-state index contributed by atoms with van der Waals surface area (Å²) in [6.45, 7) is 5.07. The lowest BCUT2D eigenvalue weighted by atomic mass is 10.2. The average molecular weight is 214 g/mol. The maximum absolute atomic E-state index is 5.97. The lowest BCUT2D eigenvalue weighted by Crippen LogP contribution is -2.27. The molecule has 1 rings (SSSR count). The Bertz CT molecular complexity index is 261. The van der Waals surface area contributed by atoms with Gasteiger partial charge in [0.1, 0.15) is 12.2 Å². The molecule has 1 aromatic heterocycles. The van der Waals surface area contributed by atoms with Gasteiger partial charge < -0.3 is 5.73 Å². The third kappa shape index (κ3) is 3.31. The van der Waals surface area contributed by atoms with Crippen molar-refractivity contribution in [1.82, 2.24) is 14.8 Å². The van der Waals surface area contributed by atoms with Crippen molar-refractivity contribution in [2.24, 2.45) is 5.73 Å². The molecular weight excluding hydrogens is 196 g/mol. The van der Waals surface area contributed by atoms with Gasteiger partial charge in [-0.3, -0.25) is 4.68 Å². The number of aromatic nitrogens is 3. The van der Waals surface area contributed by atoms with E-state index in [2.05, 4.69) is 23.9 Å². The quantitative estimate of drug-likeness (QED) is 0.765. The first kappa shape index (κ1) is 11.5. The smallest absolute Gasteiger partial charge is 0.138 e. The Morgan fingerprint density at radius 1 is 1.57 bits per heavy atom. The highest BCUT2D eigenvalue weighted by Gasteiger charge is 2.08. The Labute approximate surface area is 89.3 Å². The van der Waals surface area contributed by atoms with E-state index in [1.165, 1.54) is 0 Å². The molecule has 1 heterocycles. The van der Waals surface area contributed by atoms with Crippen LogP contribution in [-0.4, -0.2) is 32.3 Å². The lowest BCUT2D eigenvalue weighted by molar-refractivity contribution is 0.588. The summed E-state index contributed by atoms with van der Waals surface area (Å²) in [5.74, 6) is 3.11. The Morgan fingerprint density at radius 3 is 3.00 bits per heavy atom. The van der Waals surface area contributed by atoms with E-state index in [0.717, 1.165) is 30.3 Å². The van der Waals surface area contributed by atoms with E-state index < -0.39 is 0 Å². The van der Waals surface area contributed by atoms with Crippen LogP contribution < -0.4 is 5.73 Å². The third-order valence-corrected chi connectivity index (χ3v) is 3.05. The molecule has 80 valence electrons. The monoisotopic (exact) mass is 214 g/mol. The van der Waals surface area contributed by atoms with Gasteiger partial charge in [0.25, 0.3) is 0 Å². The van der Waals surface area contributed by atoms with Crippen LogP contribution in [0.4, 0.5) is 0 Å². The molecule has 0 radical (unpaired) electrons. The van der Waals surface area contributed by atoms with Gasteiger partial charge in [-0.1, -0.05) is 6.92 Å². The van der Waals surface area contributed by atoms with Crippen molar-refractivity contribution < 1.29 is 0 Å². The maximum Gasteiger partial charge on any atom is 0.138 e. The number of aryl methyl sites for hydroxylation is 1. The van der Waals surface area contributed by atoms with Crippen LogP contribution in [0.5, 0.6) is 0 Å². The summed E-state index contributed by atoms with van der Waals surface area (Å²) in [5.41, 5.74) is 5.97. The average Bonchev–Trinajstić information content (AvgIpc) is 2.62. The highest BCUT2D eigenvalue weighted by Crippen LogP contribution is 2.05. The maximum atomic E-state index is 5.97. The van der Waals surface area contributed by atoms with Crippen molar-refractivity contribution in [3.8, 4) is 0 Å². The fraction of sp³-hybridized carbons (Fsp3) is 0.778. The normalized spacial score (nSPS) is 13.1. The van der Waals surface area contributed by atoms with Crippen molar-refractivity contribution in [3.05, 3.63) is 12.2 Å². The van der Waals surface area contributed by atoms with Gasteiger partial charge >= 0.3 is 0 Å². The number of thioether (sulfide) groups is 1. The molecule has 14 heavy (non-hydrogen) atoms. The third-order valence-electron chi connectivity index (χ3n) is 1.98. The summed E-state index contributed by atoms with van der Waals surface area (Å²) in [7, 11) is 0. The fourth-order valence-corrected chi connectivity index (χ4v) is 1.93. The minimum absolute atomic E-state index is 0.189. The zero-order valence-electron chi connectivity index (χ0n) is 8.81. The highest BCUT2D eigenvalue weighted by atomic mass is 32.2. The molecule has 0 bridgehead atoms. The predicted molar refractivity (Wildman–Crippen MR) is 60.4 cm³/mol. The van der Waals surface area contributed by atoms with Crippen LogP contribution in [0.25, 0.3) is 0 Å². The van der Waals surface area contributed by atoms with Crippen molar-refractivity contribution >= 4 is 11.8 Å². The predicted octanol–water partition coefficient (Wildman–Crippen LogP) is 0.921. The summed E-state index contributed by atoms with van der Waals surface area (Å²) >= 11 is 1.87. The molecule has 1 aromatic rings. The molecule has 0 saturated carbocycles. The molecule has 0 saturated heterocycles. The molecule has 1 unspecified atom stereocenters. The van der Waals surface area contributed by atoms with Gasteiger partial charge in [0.2, 0.25) is 0 Å². The van der Waals surface area contributed by atoms with Crippen molar-refractivity contribution in [2.45, 2.75) is 32.9 Å². The van der Waals surface area contributed by atoms with Crippen molar-refractivity contribution in [1.29, 1.82) is 0 Å². The van der Waals surface area contributed by atoms with Crippen LogP contribution in [-0.2, 0) is 13.0 Å². The first-order valence-corrected chi connectivity index (χ1v) is 6.13. The number of hydrogen-bond acceptors (Lipinski definition) is 4. The van der Waals surface area contributed by atoms with Gasteiger partial charge in [0, 0.05) is 24.8 Å². The van der Waals surface area contributed by atoms with E-state index in [1.54, 1.807) is 6.33 Å². The molecule has 5 heteroatoms. The second kappa shape index (κ2) is 6.03. The van der Waals surface area contributed by atoms with Gasteiger partial charge in [-0.05, 0) is 12.7 Å². The number of nitrogens with two attached hydrogens (primary N) is 1. The van der Waals surface area contributed by atoms with Gasteiger partial charge in [-0.15, -0.1) is 0 Å². The summed E-state index contributed by atoms with van der Waals surface area (Å²) in [6.07, 6.45) is 2.42. The van der Waals surface area contributed by atoms with Crippen LogP contribution in [0.2, 0.25) is 0 Å². The zero-order valence-corrected chi connectivity index (χ0v) is 9.63. The van der Waals surface area contributed by atoms with E-state index in [4.69, 9.17) is 5.73 Å². The van der Waals surface area contributed by atoms with Gasteiger partial charge in [0.15, 0.2) is 0 Å². The van der Waals surface area contributed by atoms with Crippen LogP contribution >= 0.6 is 11.8 Å². The first-order chi connectivity index (χ1) is 6.77. The fourth-order valence-electron chi connectivity index (χ4n) is 1.27. The van der Waals surface area contributed by atoms with E-state index >= 15 is 0 Å². The summed E-state index contributed by atoms with van der Waals surface area (Å²) < 4.78 is 1.90. The molecule has 0 aliphatic rings. The lowest BCUT2D eigenvalue weighted by Gasteiger charge is -2.10. The molecule has 0 amide bonds. The Balaban J connectivity index is 2.42. The molecule has 2 N–H and O–H groups in total. The standard InChI is InChI=1S/C9H18N4S/c1-3-13-9(11-7-12-13)5-8(10)6-14-4-2/h7-8H,3-6,10H2,1-2H3. The molecule has 0 aliphatic carbocycles. The van der Waals surface area contributed by atoms with Gasteiger partial charge in [-0.2, -0.15) is 16.9 Å². The number of nitrogens with zero attached hydrogens (tertiary/aromatic N) is 3. The van der Waals surface area contributed by atoms with E-state index in [0.29, 0.717) is 0 Å². The van der Waals surface area contributed by atoms with Gasteiger partial charge in [0.05, 0.1) is 0 Å². The zero-order chi connectivity index (χ0) is 10.4. The van der Waals surface area contributed by atoms with Gasteiger partial charge in [-0.25, -0.2) is 4.98 Å². The van der Waals surface area contributed by atoms with Crippen LogP contribution in [0.1, 0.15) is 19.7 Å². The largest absolute Gasteiger partial charge is 0.327 e. The van der Waals surface area contributed by atoms with E-state index in [9.17, 15) is 0 Å². The first-order valence-electron chi connectivity index (χ1n) is 4.97. The van der Waals surface area contributed by atoms with Crippen LogP contribution in [0, 0.1) is 0 Å². The molecular formula is C9H18N4S. The van der Waals surface area contributed by atoms with Crippen LogP contribution in [0.3, 0.4) is 0 Å². The van der Waals surface area contributed by atoms with E-state index in [-0.39, 0.29) is 6.04 Å². The minimum Gasteiger partial charge on any atom is -0.327 e. The Morgan fingerprint density at radius 2 is 2.36 bits per heavy atom. The van der Waals surface area contributed by atoms with Crippen molar-refractivity contribution in [3.63, 3.8) is 0 Å². The summed E-state index contributed by atoms with van der Waals surface area (Å²) in [4.78, 5) is 4.20. The van der Waals surface area contributed by atoms with E-state index in [1.807, 2.05) is 16.4 Å².